The Balaban J connectivity index is 1.92. The molecule has 0 bridgehead atoms. The maximum Gasteiger partial charge on any atom is 0.126 e. The Morgan fingerprint density at radius 3 is 3.06 bits per heavy atom. The largest absolute Gasteiger partial charge is 0.381 e. The van der Waals surface area contributed by atoms with Crippen LogP contribution in [0, 0.1) is 11.7 Å². The highest BCUT2D eigenvalue weighted by atomic mass is 79.9. The molecule has 0 amide bonds. The zero-order chi connectivity index (χ0) is 12.3. The van der Waals surface area contributed by atoms with Crippen LogP contribution < -0.4 is 5.73 Å². The monoisotopic (exact) mass is 301 g/mol. The van der Waals surface area contributed by atoms with E-state index in [-0.39, 0.29) is 11.9 Å². The Morgan fingerprint density at radius 1 is 1.53 bits per heavy atom. The number of hydrogen-bond acceptors (Lipinski definition) is 2. The van der Waals surface area contributed by atoms with Crippen LogP contribution in [0.2, 0.25) is 0 Å². The third kappa shape index (κ3) is 3.76. The van der Waals surface area contributed by atoms with Gasteiger partial charge >= 0.3 is 0 Å². The molecule has 0 saturated carbocycles. The van der Waals surface area contributed by atoms with Crippen LogP contribution in [0.1, 0.15) is 18.4 Å². The van der Waals surface area contributed by atoms with Crippen LogP contribution in [0.25, 0.3) is 0 Å². The minimum atomic E-state index is -0.175. The van der Waals surface area contributed by atoms with Gasteiger partial charge in [0.1, 0.15) is 5.82 Å². The van der Waals surface area contributed by atoms with Crippen molar-refractivity contribution in [2.24, 2.45) is 11.7 Å². The highest BCUT2D eigenvalue weighted by Crippen LogP contribution is 2.21. The average Bonchev–Trinajstić information content (AvgIpc) is 2.76. The molecule has 0 spiro atoms. The molecule has 1 aliphatic rings. The molecule has 2 nitrogen and oxygen atoms in total. The summed E-state index contributed by atoms with van der Waals surface area (Å²) in [4.78, 5) is 0. The van der Waals surface area contributed by atoms with Gasteiger partial charge in [-0.1, -0.05) is 15.9 Å². The normalized spacial score (nSPS) is 21.7. The quantitative estimate of drug-likeness (QED) is 0.928. The van der Waals surface area contributed by atoms with E-state index in [1.807, 2.05) is 0 Å². The maximum absolute atomic E-state index is 13.5. The molecule has 2 N–H and O–H groups in total. The Labute approximate surface area is 109 Å². The molecule has 1 heterocycles. The number of benzene rings is 1. The topological polar surface area (TPSA) is 35.2 Å². The lowest BCUT2D eigenvalue weighted by Gasteiger charge is -2.15. The number of ether oxygens (including phenoxy) is 1. The van der Waals surface area contributed by atoms with Gasteiger partial charge in [0.25, 0.3) is 0 Å². The summed E-state index contributed by atoms with van der Waals surface area (Å²) in [7, 11) is 0. The van der Waals surface area contributed by atoms with Crippen molar-refractivity contribution in [3.8, 4) is 0 Å². The molecule has 4 heteroatoms. The average molecular weight is 302 g/mol. The Hall–Kier alpha value is -0.450. The van der Waals surface area contributed by atoms with Crippen molar-refractivity contribution >= 4 is 15.9 Å². The fraction of sp³-hybridized carbons (Fsp3) is 0.538. The Kier molecular flexibility index (Phi) is 4.54. The number of nitrogens with two attached hydrogens (primary N) is 1. The minimum Gasteiger partial charge on any atom is -0.381 e. The van der Waals surface area contributed by atoms with Crippen molar-refractivity contribution in [3.05, 3.63) is 34.1 Å². The van der Waals surface area contributed by atoms with Crippen LogP contribution in [0.3, 0.4) is 0 Å². The van der Waals surface area contributed by atoms with Crippen molar-refractivity contribution in [2.45, 2.75) is 25.3 Å². The summed E-state index contributed by atoms with van der Waals surface area (Å²) in [6.07, 6.45) is 2.57. The molecule has 1 fully saturated rings. The van der Waals surface area contributed by atoms with E-state index in [1.54, 1.807) is 12.1 Å². The third-order valence-electron chi connectivity index (χ3n) is 3.15. The lowest BCUT2D eigenvalue weighted by Crippen LogP contribution is -2.26. The molecule has 17 heavy (non-hydrogen) atoms. The summed E-state index contributed by atoms with van der Waals surface area (Å²) in [5.74, 6) is 0.367. The van der Waals surface area contributed by atoms with Crippen molar-refractivity contribution < 1.29 is 9.13 Å². The van der Waals surface area contributed by atoms with Gasteiger partial charge in [0.2, 0.25) is 0 Å². The number of hydrogen-bond donors (Lipinski definition) is 1. The van der Waals surface area contributed by atoms with Gasteiger partial charge < -0.3 is 10.5 Å². The van der Waals surface area contributed by atoms with Gasteiger partial charge in [-0.05, 0) is 48.9 Å². The summed E-state index contributed by atoms with van der Waals surface area (Å²) < 4.78 is 19.8. The highest BCUT2D eigenvalue weighted by Gasteiger charge is 2.19. The van der Waals surface area contributed by atoms with E-state index in [4.69, 9.17) is 10.5 Å². The van der Waals surface area contributed by atoms with E-state index in [2.05, 4.69) is 15.9 Å². The van der Waals surface area contributed by atoms with Gasteiger partial charge in [-0.3, -0.25) is 0 Å². The summed E-state index contributed by atoms with van der Waals surface area (Å²) in [5, 5.41) is 0. The van der Waals surface area contributed by atoms with Gasteiger partial charge in [-0.15, -0.1) is 0 Å². The first kappa shape index (κ1) is 13.0. The van der Waals surface area contributed by atoms with E-state index in [0.29, 0.717) is 17.9 Å². The van der Waals surface area contributed by atoms with Crippen molar-refractivity contribution in [1.29, 1.82) is 0 Å². The van der Waals surface area contributed by atoms with E-state index in [0.717, 1.165) is 30.5 Å². The van der Waals surface area contributed by atoms with E-state index >= 15 is 0 Å². The predicted octanol–water partition coefficient (Wildman–Crippen LogP) is 2.88. The van der Waals surface area contributed by atoms with Crippen LogP contribution in [-0.4, -0.2) is 19.3 Å². The molecule has 2 rings (SSSR count). The SMILES string of the molecule is NC(Cc1cc(Br)ccc1F)CC1CCOC1. The van der Waals surface area contributed by atoms with Gasteiger partial charge in [-0.2, -0.15) is 0 Å². The molecule has 2 atom stereocenters. The maximum atomic E-state index is 13.5. The van der Waals surface area contributed by atoms with Gasteiger partial charge in [0.05, 0.1) is 0 Å². The first-order valence-corrected chi connectivity index (χ1v) is 6.71. The lowest BCUT2D eigenvalue weighted by atomic mass is 9.95. The fourth-order valence-corrected chi connectivity index (χ4v) is 2.67. The molecule has 1 saturated heterocycles. The van der Waals surface area contributed by atoms with Crippen LogP contribution in [0.4, 0.5) is 4.39 Å². The van der Waals surface area contributed by atoms with Crippen molar-refractivity contribution in [1.82, 2.24) is 0 Å². The van der Waals surface area contributed by atoms with E-state index < -0.39 is 0 Å². The molecule has 2 unspecified atom stereocenters. The smallest absolute Gasteiger partial charge is 0.126 e. The van der Waals surface area contributed by atoms with Gasteiger partial charge in [-0.25, -0.2) is 4.39 Å². The molecule has 0 radical (unpaired) electrons. The summed E-state index contributed by atoms with van der Waals surface area (Å²) in [5.41, 5.74) is 6.75. The summed E-state index contributed by atoms with van der Waals surface area (Å²) >= 11 is 3.35. The minimum absolute atomic E-state index is 0.00509. The second-order valence-corrected chi connectivity index (χ2v) is 5.58. The first-order chi connectivity index (χ1) is 8.15. The number of halogens is 2. The fourth-order valence-electron chi connectivity index (χ4n) is 2.26. The molecule has 1 aromatic carbocycles. The second kappa shape index (κ2) is 5.94. The Morgan fingerprint density at radius 2 is 2.35 bits per heavy atom. The molecule has 0 aromatic heterocycles. The van der Waals surface area contributed by atoms with Gasteiger partial charge in [0.15, 0.2) is 0 Å². The zero-order valence-electron chi connectivity index (χ0n) is 9.66. The van der Waals surface area contributed by atoms with Crippen molar-refractivity contribution in [2.75, 3.05) is 13.2 Å². The van der Waals surface area contributed by atoms with E-state index in [9.17, 15) is 4.39 Å². The second-order valence-electron chi connectivity index (χ2n) is 4.67. The van der Waals surface area contributed by atoms with Crippen LogP contribution in [0.15, 0.2) is 22.7 Å². The zero-order valence-corrected chi connectivity index (χ0v) is 11.2. The van der Waals surface area contributed by atoms with Crippen LogP contribution in [0.5, 0.6) is 0 Å². The van der Waals surface area contributed by atoms with Crippen LogP contribution >= 0.6 is 15.9 Å². The molecular formula is C13H17BrFNO. The van der Waals surface area contributed by atoms with E-state index in [1.165, 1.54) is 6.07 Å². The summed E-state index contributed by atoms with van der Waals surface area (Å²) in [6, 6.07) is 4.99. The standard InChI is InChI=1S/C13H17BrFNO/c14-11-1-2-13(15)10(6-11)7-12(16)5-9-3-4-17-8-9/h1-2,6,9,12H,3-5,7-8,16H2. The predicted molar refractivity (Wildman–Crippen MR) is 69.3 cm³/mol. The molecule has 0 aliphatic carbocycles. The Bertz CT molecular complexity index is 380. The molecular weight excluding hydrogens is 285 g/mol. The molecule has 1 aromatic rings. The number of rotatable bonds is 4. The summed E-state index contributed by atoms with van der Waals surface area (Å²) in [6.45, 7) is 1.64. The van der Waals surface area contributed by atoms with Crippen molar-refractivity contribution in [3.63, 3.8) is 0 Å². The first-order valence-electron chi connectivity index (χ1n) is 5.92. The molecule has 94 valence electrons. The lowest BCUT2D eigenvalue weighted by molar-refractivity contribution is 0.182. The highest BCUT2D eigenvalue weighted by molar-refractivity contribution is 9.10. The van der Waals surface area contributed by atoms with Crippen LogP contribution in [-0.2, 0) is 11.2 Å². The van der Waals surface area contributed by atoms with Gasteiger partial charge in [0, 0.05) is 23.7 Å². The third-order valence-corrected chi connectivity index (χ3v) is 3.64. The molecule has 1 aliphatic heterocycles.